The molecule has 2 saturated heterocycles. The minimum absolute atomic E-state index is 0.0918. The molecule has 0 radical (unpaired) electrons. The predicted molar refractivity (Wildman–Crippen MR) is 82.5 cm³/mol. The lowest BCUT2D eigenvalue weighted by Gasteiger charge is -2.42. The van der Waals surface area contributed by atoms with Gasteiger partial charge >= 0.3 is 0 Å². The third-order valence-electron chi connectivity index (χ3n) is 4.28. The predicted octanol–water partition coefficient (Wildman–Crippen LogP) is 0.118. The number of amides is 1. The first-order valence-corrected chi connectivity index (χ1v) is 7.92. The maximum atomic E-state index is 12.1. The molecule has 0 aromatic carbocycles. The van der Waals surface area contributed by atoms with Gasteiger partial charge in [0.25, 0.3) is 5.91 Å². The van der Waals surface area contributed by atoms with Gasteiger partial charge in [-0.1, -0.05) is 0 Å². The van der Waals surface area contributed by atoms with Gasteiger partial charge in [0.05, 0.1) is 19.5 Å². The number of rotatable bonds is 5. The second-order valence-corrected chi connectivity index (χ2v) is 6.04. The van der Waals surface area contributed by atoms with E-state index < -0.39 is 0 Å². The first kappa shape index (κ1) is 16.0. The smallest absolute Gasteiger partial charge is 0.260 e. The Labute approximate surface area is 134 Å². The van der Waals surface area contributed by atoms with Gasteiger partial charge in [0.2, 0.25) is 11.2 Å². The van der Waals surface area contributed by atoms with E-state index in [4.69, 9.17) is 13.9 Å². The number of morpholine rings is 1. The number of carbonyl (C=O) groups excluding carboxylic acids is 1. The van der Waals surface area contributed by atoms with E-state index in [1.54, 1.807) is 11.8 Å². The number of aryl methyl sites for hydroxylation is 1. The molecular weight excluding hydrogens is 300 g/mol. The third kappa shape index (κ3) is 3.92. The molecule has 0 atom stereocenters. The van der Waals surface area contributed by atoms with Gasteiger partial charge in [0.15, 0.2) is 6.61 Å². The van der Waals surface area contributed by atoms with Crippen molar-refractivity contribution in [2.75, 3.05) is 52.5 Å². The number of hydrogen-bond acceptors (Lipinski definition) is 6. The normalized spacial score (nSPS) is 19.4. The average Bonchev–Trinajstić information content (AvgIpc) is 2.51. The summed E-state index contributed by atoms with van der Waals surface area (Å²) in [5.74, 6) is 0.928. The summed E-state index contributed by atoms with van der Waals surface area (Å²) in [4.78, 5) is 27.9. The molecule has 7 heteroatoms. The highest BCUT2D eigenvalue weighted by atomic mass is 16.5. The Morgan fingerprint density at radius 3 is 2.78 bits per heavy atom. The lowest BCUT2D eigenvalue weighted by atomic mass is 9.99. The van der Waals surface area contributed by atoms with Crippen molar-refractivity contribution in [3.8, 4) is 5.75 Å². The molecule has 0 bridgehead atoms. The molecule has 0 unspecified atom stereocenters. The fraction of sp³-hybridized carbons (Fsp3) is 0.625. The Balaban J connectivity index is 1.41. The van der Waals surface area contributed by atoms with Crippen LogP contribution in [0.5, 0.6) is 5.75 Å². The van der Waals surface area contributed by atoms with Crippen LogP contribution in [0.25, 0.3) is 0 Å². The van der Waals surface area contributed by atoms with Crippen molar-refractivity contribution < 1.29 is 18.7 Å². The van der Waals surface area contributed by atoms with Crippen LogP contribution < -0.4 is 10.2 Å². The maximum absolute atomic E-state index is 12.1. The van der Waals surface area contributed by atoms with Gasteiger partial charge in [-0.3, -0.25) is 14.5 Å². The van der Waals surface area contributed by atoms with Crippen LogP contribution in [-0.4, -0.2) is 68.3 Å². The van der Waals surface area contributed by atoms with Gasteiger partial charge in [-0.2, -0.15) is 0 Å². The summed E-state index contributed by atoms with van der Waals surface area (Å²) in [6.45, 7) is 7.56. The van der Waals surface area contributed by atoms with E-state index in [-0.39, 0.29) is 23.7 Å². The van der Waals surface area contributed by atoms with E-state index in [0.29, 0.717) is 11.7 Å². The van der Waals surface area contributed by atoms with Crippen LogP contribution in [0.3, 0.4) is 0 Å². The topological polar surface area (TPSA) is 72.2 Å². The van der Waals surface area contributed by atoms with Gasteiger partial charge in [-0.25, -0.2) is 0 Å². The van der Waals surface area contributed by atoms with Crippen molar-refractivity contribution in [1.29, 1.82) is 0 Å². The summed E-state index contributed by atoms with van der Waals surface area (Å²) in [7, 11) is 0. The fourth-order valence-corrected chi connectivity index (χ4v) is 2.94. The summed E-state index contributed by atoms with van der Waals surface area (Å²) < 4.78 is 15.8. The molecule has 2 fully saturated rings. The fourth-order valence-electron chi connectivity index (χ4n) is 2.94. The molecule has 3 heterocycles. The first-order chi connectivity index (χ1) is 11.1. The zero-order valence-corrected chi connectivity index (χ0v) is 13.3. The number of carbonyl (C=O) groups is 1. The zero-order chi connectivity index (χ0) is 16.2. The Morgan fingerprint density at radius 1 is 1.35 bits per heavy atom. The second-order valence-electron chi connectivity index (χ2n) is 6.04. The average molecular weight is 322 g/mol. The molecular formula is C16H22N2O5. The van der Waals surface area contributed by atoms with E-state index >= 15 is 0 Å². The summed E-state index contributed by atoms with van der Waals surface area (Å²) >= 11 is 0. The lowest BCUT2D eigenvalue weighted by Crippen LogP contribution is -2.56. The van der Waals surface area contributed by atoms with E-state index in [2.05, 4.69) is 4.90 Å². The van der Waals surface area contributed by atoms with Crippen molar-refractivity contribution in [3.05, 3.63) is 28.3 Å². The molecule has 23 heavy (non-hydrogen) atoms. The molecule has 2 aliphatic heterocycles. The van der Waals surface area contributed by atoms with Crippen molar-refractivity contribution in [3.63, 3.8) is 0 Å². The molecule has 7 nitrogen and oxygen atoms in total. The van der Waals surface area contributed by atoms with Crippen molar-refractivity contribution in [2.45, 2.75) is 6.92 Å². The Bertz CT molecular complexity index is 603. The third-order valence-corrected chi connectivity index (χ3v) is 4.28. The molecule has 0 spiro atoms. The highest BCUT2D eigenvalue weighted by Crippen LogP contribution is 2.18. The number of likely N-dealkylation sites (tertiary alicyclic amines) is 1. The lowest BCUT2D eigenvalue weighted by molar-refractivity contribution is -0.140. The second kappa shape index (κ2) is 7.14. The Morgan fingerprint density at radius 2 is 2.09 bits per heavy atom. The van der Waals surface area contributed by atoms with Gasteiger partial charge in [-0.05, 0) is 6.92 Å². The van der Waals surface area contributed by atoms with Gasteiger partial charge in [-0.15, -0.1) is 0 Å². The van der Waals surface area contributed by atoms with Crippen LogP contribution in [0.4, 0.5) is 0 Å². The number of ether oxygens (including phenoxy) is 2. The molecule has 2 aliphatic rings. The largest absolute Gasteiger partial charge is 0.476 e. The van der Waals surface area contributed by atoms with Gasteiger partial charge in [0, 0.05) is 44.7 Å². The molecule has 126 valence electrons. The quantitative estimate of drug-likeness (QED) is 0.767. The molecule has 0 aliphatic carbocycles. The van der Waals surface area contributed by atoms with Crippen molar-refractivity contribution in [1.82, 2.24) is 9.80 Å². The molecule has 1 amide bonds. The van der Waals surface area contributed by atoms with Crippen molar-refractivity contribution in [2.24, 2.45) is 5.92 Å². The zero-order valence-electron chi connectivity index (χ0n) is 13.3. The highest BCUT2D eigenvalue weighted by molar-refractivity contribution is 5.78. The molecule has 0 N–H and O–H groups in total. The van der Waals surface area contributed by atoms with E-state index in [9.17, 15) is 9.59 Å². The SMILES string of the molecule is Cc1occc(=O)c1OCC(=O)N1CC(CN2CCOCC2)C1. The Kier molecular flexibility index (Phi) is 4.97. The van der Waals surface area contributed by atoms with Crippen LogP contribution in [-0.2, 0) is 9.53 Å². The van der Waals surface area contributed by atoms with E-state index in [1.807, 2.05) is 0 Å². The number of hydrogen-bond donors (Lipinski definition) is 0. The highest BCUT2D eigenvalue weighted by Gasteiger charge is 2.32. The van der Waals surface area contributed by atoms with Crippen LogP contribution >= 0.6 is 0 Å². The van der Waals surface area contributed by atoms with Gasteiger partial charge < -0.3 is 18.8 Å². The monoisotopic (exact) mass is 322 g/mol. The van der Waals surface area contributed by atoms with Gasteiger partial charge in [0.1, 0.15) is 5.76 Å². The minimum atomic E-state index is -0.268. The standard InChI is InChI=1S/C16H22N2O5/c1-12-16(14(19)2-5-22-12)23-11-15(20)18-9-13(10-18)8-17-3-6-21-7-4-17/h2,5,13H,3-4,6-11H2,1H3. The minimum Gasteiger partial charge on any atom is -0.476 e. The van der Waals surface area contributed by atoms with Crippen LogP contribution in [0.15, 0.2) is 21.5 Å². The molecule has 0 saturated carbocycles. The molecule has 1 aromatic rings. The first-order valence-electron chi connectivity index (χ1n) is 7.92. The summed E-state index contributed by atoms with van der Waals surface area (Å²) in [5.41, 5.74) is -0.268. The maximum Gasteiger partial charge on any atom is 0.260 e. The number of nitrogens with zero attached hydrogens (tertiary/aromatic N) is 2. The van der Waals surface area contributed by atoms with E-state index in [1.165, 1.54) is 12.3 Å². The van der Waals surface area contributed by atoms with Crippen LogP contribution in [0.2, 0.25) is 0 Å². The summed E-state index contributed by atoms with van der Waals surface area (Å²) in [5, 5.41) is 0. The molecule has 1 aromatic heterocycles. The summed E-state index contributed by atoms with van der Waals surface area (Å²) in [6.07, 6.45) is 1.32. The van der Waals surface area contributed by atoms with E-state index in [0.717, 1.165) is 45.9 Å². The molecule has 3 rings (SSSR count). The van der Waals surface area contributed by atoms with Crippen molar-refractivity contribution >= 4 is 5.91 Å². The van der Waals surface area contributed by atoms with Crippen LogP contribution in [0.1, 0.15) is 5.76 Å². The summed E-state index contributed by atoms with van der Waals surface area (Å²) in [6, 6.07) is 1.29. The van der Waals surface area contributed by atoms with Crippen LogP contribution in [0, 0.1) is 12.8 Å². The Hall–Kier alpha value is -1.86.